The highest BCUT2D eigenvalue weighted by atomic mass is 32.1. The van der Waals surface area contributed by atoms with Gasteiger partial charge in [0.2, 0.25) is 5.91 Å². The Balaban J connectivity index is 1.72. The summed E-state index contributed by atoms with van der Waals surface area (Å²) in [6, 6.07) is 19.9. The molecular weight excluding hydrogens is 490 g/mol. The lowest BCUT2D eigenvalue weighted by Gasteiger charge is -2.27. The van der Waals surface area contributed by atoms with Crippen LogP contribution in [0.4, 0.5) is 10.5 Å². The van der Waals surface area contributed by atoms with Gasteiger partial charge in [0.05, 0.1) is 25.3 Å². The summed E-state index contributed by atoms with van der Waals surface area (Å²) in [7, 11) is 1.55. The summed E-state index contributed by atoms with van der Waals surface area (Å²) in [5.41, 5.74) is 1.91. The number of methoxy groups -OCH3 is 1. The number of esters is 1. The Bertz CT molecular complexity index is 1160. The van der Waals surface area contributed by atoms with Gasteiger partial charge in [0, 0.05) is 35.6 Å². The number of ether oxygens (including phenoxy) is 2. The normalized spacial score (nSPS) is 10.6. The number of benzene rings is 2. The Morgan fingerprint density at radius 3 is 2.27 bits per heavy atom. The van der Waals surface area contributed by atoms with Gasteiger partial charge in [-0.2, -0.15) is 0 Å². The van der Waals surface area contributed by atoms with Crippen molar-refractivity contribution in [1.82, 2.24) is 9.80 Å². The number of nitrogens with one attached hydrogen (secondary N) is 1. The van der Waals surface area contributed by atoms with Gasteiger partial charge >= 0.3 is 12.0 Å². The zero-order valence-electron chi connectivity index (χ0n) is 21.4. The molecule has 3 aromatic rings. The first-order valence-corrected chi connectivity index (χ1v) is 12.9. The number of rotatable bonds is 12. The molecule has 0 unspecified atom stereocenters. The minimum atomic E-state index is -0.430. The third-order valence-electron chi connectivity index (χ3n) is 5.54. The first kappa shape index (κ1) is 27.9. The van der Waals surface area contributed by atoms with E-state index in [9.17, 15) is 14.4 Å². The number of urea groups is 1. The molecule has 2 aromatic carbocycles. The van der Waals surface area contributed by atoms with E-state index in [1.807, 2.05) is 49.4 Å². The second-order valence-corrected chi connectivity index (χ2v) is 9.76. The minimum absolute atomic E-state index is 0.104. The first-order chi connectivity index (χ1) is 17.9. The molecule has 1 aromatic heterocycles. The molecule has 37 heavy (non-hydrogen) atoms. The smallest absolute Gasteiger partial charge is 0.338 e. The zero-order chi connectivity index (χ0) is 26.6. The highest BCUT2D eigenvalue weighted by molar-refractivity contribution is 7.11. The van der Waals surface area contributed by atoms with Crippen LogP contribution in [0.1, 0.15) is 32.6 Å². The number of carbonyl (C=O) groups excluding carboxylic acids is 3. The maximum atomic E-state index is 13.5. The van der Waals surface area contributed by atoms with Crippen LogP contribution >= 0.6 is 11.3 Å². The highest BCUT2D eigenvalue weighted by Gasteiger charge is 2.22. The molecule has 0 aliphatic rings. The van der Waals surface area contributed by atoms with Crippen LogP contribution in [0.2, 0.25) is 0 Å². The molecule has 1 heterocycles. The van der Waals surface area contributed by atoms with Crippen LogP contribution in [-0.4, -0.2) is 61.1 Å². The second kappa shape index (κ2) is 14.2. The average molecular weight is 524 g/mol. The van der Waals surface area contributed by atoms with E-state index >= 15 is 0 Å². The van der Waals surface area contributed by atoms with Gasteiger partial charge < -0.3 is 24.6 Å². The van der Waals surface area contributed by atoms with Crippen LogP contribution in [0, 0.1) is 6.92 Å². The van der Waals surface area contributed by atoms with E-state index in [4.69, 9.17) is 9.47 Å². The Morgan fingerprint density at radius 1 is 0.919 bits per heavy atom. The van der Waals surface area contributed by atoms with E-state index in [1.165, 1.54) is 9.78 Å². The van der Waals surface area contributed by atoms with Crippen molar-refractivity contribution in [2.24, 2.45) is 0 Å². The summed E-state index contributed by atoms with van der Waals surface area (Å²) in [5, 5.41) is 2.81. The summed E-state index contributed by atoms with van der Waals surface area (Å²) in [5.74, 6) is -0.592. The van der Waals surface area contributed by atoms with Crippen LogP contribution < -0.4 is 5.32 Å². The second-order valence-electron chi connectivity index (χ2n) is 8.39. The zero-order valence-corrected chi connectivity index (χ0v) is 22.3. The summed E-state index contributed by atoms with van der Waals surface area (Å²) < 4.78 is 10.2. The molecule has 0 saturated carbocycles. The van der Waals surface area contributed by atoms with Crippen molar-refractivity contribution in [2.45, 2.75) is 26.9 Å². The maximum absolute atomic E-state index is 13.5. The number of aryl methyl sites for hydroxylation is 1. The first-order valence-electron chi connectivity index (χ1n) is 12.1. The molecule has 3 rings (SSSR count). The average Bonchev–Trinajstić information content (AvgIpc) is 3.31. The van der Waals surface area contributed by atoms with Gasteiger partial charge in [-0.3, -0.25) is 4.79 Å². The van der Waals surface area contributed by atoms with Gasteiger partial charge in [0.25, 0.3) is 0 Å². The number of amides is 3. The molecule has 0 aliphatic heterocycles. The molecule has 0 fully saturated rings. The van der Waals surface area contributed by atoms with Gasteiger partial charge in [-0.25, -0.2) is 9.59 Å². The Kier molecular flexibility index (Phi) is 10.7. The van der Waals surface area contributed by atoms with E-state index in [2.05, 4.69) is 5.32 Å². The fraction of sp³-hybridized carbons (Fsp3) is 0.321. The summed E-state index contributed by atoms with van der Waals surface area (Å²) in [6.45, 7) is 5.38. The van der Waals surface area contributed by atoms with Gasteiger partial charge in [-0.05, 0) is 55.8 Å². The number of anilines is 1. The third kappa shape index (κ3) is 8.73. The van der Waals surface area contributed by atoms with E-state index in [1.54, 1.807) is 54.5 Å². The van der Waals surface area contributed by atoms with Crippen molar-refractivity contribution in [3.63, 3.8) is 0 Å². The van der Waals surface area contributed by atoms with Crippen molar-refractivity contribution in [3.8, 4) is 0 Å². The van der Waals surface area contributed by atoms with Crippen LogP contribution in [0.15, 0.2) is 66.7 Å². The predicted molar refractivity (Wildman–Crippen MR) is 145 cm³/mol. The lowest BCUT2D eigenvalue weighted by atomic mass is 10.2. The molecule has 0 bridgehead atoms. The molecule has 0 saturated heterocycles. The molecule has 9 heteroatoms. The molecule has 1 N–H and O–H groups in total. The van der Waals surface area contributed by atoms with E-state index in [-0.39, 0.29) is 32.2 Å². The number of nitrogens with zero attached hydrogens (tertiary/aromatic N) is 2. The topological polar surface area (TPSA) is 88.2 Å². The van der Waals surface area contributed by atoms with E-state index < -0.39 is 12.0 Å². The Morgan fingerprint density at radius 2 is 1.65 bits per heavy atom. The third-order valence-corrected chi connectivity index (χ3v) is 6.52. The summed E-state index contributed by atoms with van der Waals surface area (Å²) in [4.78, 5) is 43.9. The van der Waals surface area contributed by atoms with Gasteiger partial charge in [-0.15, -0.1) is 11.3 Å². The fourth-order valence-corrected chi connectivity index (χ4v) is 4.52. The van der Waals surface area contributed by atoms with Crippen LogP contribution in [0.25, 0.3) is 0 Å². The minimum Gasteiger partial charge on any atom is -0.462 e. The molecule has 3 amide bonds. The quantitative estimate of drug-likeness (QED) is 0.340. The molecule has 0 radical (unpaired) electrons. The fourth-order valence-electron chi connectivity index (χ4n) is 3.62. The summed E-state index contributed by atoms with van der Waals surface area (Å²) >= 11 is 1.65. The van der Waals surface area contributed by atoms with Gasteiger partial charge in [-0.1, -0.05) is 30.3 Å². The van der Waals surface area contributed by atoms with Crippen molar-refractivity contribution in [1.29, 1.82) is 0 Å². The Hall–Kier alpha value is -3.69. The molecule has 196 valence electrons. The monoisotopic (exact) mass is 523 g/mol. The Labute approximate surface area is 221 Å². The van der Waals surface area contributed by atoms with Crippen molar-refractivity contribution in [2.75, 3.05) is 38.7 Å². The van der Waals surface area contributed by atoms with E-state index in [0.29, 0.717) is 24.3 Å². The van der Waals surface area contributed by atoms with Crippen molar-refractivity contribution >= 4 is 34.9 Å². The largest absolute Gasteiger partial charge is 0.462 e. The van der Waals surface area contributed by atoms with Crippen LogP contribution in [-0.2, 0) is 27.4 Å². The molecular formula is C28H33N3O5S. The molecule has 0 atom stereocenters. The molecule has 0 aliphatic carbocycles. The SMILES string of the molecule is CCOC(=O)c1ccc(NC(=O)N(CCOC)CC(=O)N(Cc2ccccc2)Cc2ccc(C)s2)cc1. The number of thiophene rings is 1. The van der Waals surface area contributed by atoms with E-state index in [0.717, 1.165) is 10.4 Å². The highest BCUT2D eigenvalue weighted by Crippen LogP contribution is 2.19. The van der Waals surface area contributed by atoms with Gasteiger partial charge in [0.1, 0.15) is 6.54 Å². The lowest BCUT2D eigenvalue weighted by molar-refractivity contribution is -0.133. The summed E-state index contributed by atoms with van der Waals surface area (Å²) in [6.07, 6.45) is 0. The van der Waals surface area contributed by atoms with Gasteiger partial charge in [0.15, 0.2) is 0 Å². The molecule has 8 nitrogen and oxygen atoms in total. The van der Waals surface area contributed by atoms with Crippen molar-refractivity contribution < 1.29 is 23.9 Å². The van der Waals surface area contributed by atoms with Crippen LogP contribution in [0.3, 0.4) is 0 Å². The standard InChI is InChI=1S/C28H33N3O5S/c1-4-36-27(33)23-11-13-24(14-12-23)29-28(34)30(16-17-35-3)20-26(32)31(18-22-8-6-5-7-9-22)19-25-15-10-21(2)37-25/h5-15H,4,16-20H2,1-3H3,(H,29,34). The lowest BCUT2D eigenvalue weighted by Crippen LogP contribution is -2.45. The number of carbonyl (C=O) groups is 3. The maximum Gasteiger partial charge on any atom is 0.338 e. The molecule has 0 spiro atoms. The van der Waals surface area contributed by atoms with Crippen LogP contribution in [0.5, 0.6) is 0 Å². The van der Waals surface area contributed by atoms with Crippen molar-refractivity contribution in [3.05, 3.63) is 87.6 Å². The number of hydrogen-bond donors (Lipinski definition) is 1. The predicted octanol–water partition coefficient (Wildman–Crippen LogP) is 4.94. The number of hydrogen-bond acceptors (Lipinski definition) is 6.